The number of aromatic nitrogens is 1. The Morgan fingerprint density at radius 1 is 1.39 bits per heavy atom. The van der Waals surface area contributed by atoms with Crippen LogP contribution in [0.2, 0.25) is 0 Å². The highest BCUT2D eigenvalue weighted by Gasteiger charge is 2.34. The number of hydrogen-bond acceptors (Lipinski definition) is 6. The Balaban J connectivity index is 1.49. The van der Waals surface area contributed by atoms with Gasteiger partial charge in [-0.1, -0.05) is 18.3 Å². The Bertz CT molecular complexity index is 1100. The maximum Gasteiger partial charge on any atom is 0.256 e. The van der Waals surface area contributed by atoms with Crippen LogP contribution in [0, 0.1) is 12.7 Å². The van der Waals surface area contributed by atoms with Crippen LogP contribution >= 0.6 is 12.2 Å². The number of thiocarbonyl (C=S) groups is 1. The summed E-state index contributed by atoms with van der Waals surface area (Å²) in [6.07, 6.45) is 4.94. The van der Waals surface area contributed by atoms with Gasteiger partial charge in [0, 0.05) is 54.6 Å². The van der Waals surface area contributed by atoms with Crippen LogP contribution in [-0.4, -0.2) is 41.2 Å². The molecule has 0 saturated carbocycles. The first-order valence-corrected chi connectivity index (χ1v) is 11.3. The number of halogens is 1. The van der Waals surface area contributed by atoms with Crippen LogP contribution in [0.5, 0.6) is 5.75 Å². The molecule has 0 radical (unpaired) electrons. The van der Waals surface area contributed by atoms with Crippen LogP contribution in [0.25, 0.3) is 0 Å². The van der Waals surface area contributed by atoms with Crippen LogP contribution in [0.3, 0.4) is 0 Å². The lowest BCUT2D eigenvalue weighted by Gasteiger charge is -2.38. The maximum absolute atomic E-state index is 13.9. The van der Waals surface area contributed by atoms with Gasteiger partial charge in [0.1, 0.15) is 28.8 Å². The molecule has 1 fully saturated rings. The molecular formula is C24H27FN4O3S. The number of pyridine rings is 1. The molecule has 1 amide bonds. The highest BCUT2D eigenvalue weighted by atomic mass is 32.1. The van der Waals surface area contributed by atoms with Crippen molar-refractivity contribution in [2.75, 3.05) is 25.1 Å². The van der Waals surface area contributed by atoms with E-state index in [-0.39, 0.29) is 22.3 Å². The summed E-state index contributed by atoms with van der Waals surface area (Å²) in [5.41, 5.74) is 2.69. The SMILES string of the molecule is Cc1c(F)cccc1NC(=S)C1=C(NCc2ccncc2OCC2(C)CCO2)CCNC1=O. The third-order valence-electron chi connectivity index (χ3n) is 5.91. The number of hydrogen-bond donors (Lipinski definition) is 3. The Morgan fingerprint density at radius 3 is 2.97 bits per heavy atom. The Morgan fingerprint density at radius 2 is 2.21 bits per heavy atom. The Hall–Kier alpha value is -3.04. The first-order valence-electron chi connectivity index (χ1n) is 10.9. The topological polar surface area (TPSA) is 84.5 Å². The van der Waals surface area contributed by atoms with Gasteiger partial charge < -0.3 is 25.4 Å². The molecule has 2 aromatic rings. The molecule has 1 aromatic carbocycles. The van der Waals surface area contributed by atoms with Crippen LogP contribution in [0.1, 0.15) is 30.9 Å². The van der Waals surface area contributed by atoms with Gasteiger partial charge in [-0.2, -0.15) is 0 Å². The van der Waals surface area contributed by atoms with Crippen molar-refractivity contribution in [1.82, 2.24) is 15.6 Å². The van der Waals surface area contributed by atoms with E-state index in [1.165, 1.54) is 6.07 Å². The number of rotatable bonds is 8. The van der Waals surface area contributed by atoms with Crippen molar-refractivity contribution in [2.24, 2.45) is 0 Å². The predicted molar refractivity (Wildman–Crippen MR) is 128 cm³/mol. The predicted octanol–water partition coefficient (Wildman–Crippen LogP) is 3.39. The number of carbonyl (C=O) groups excluding carboxylic acids is 1. The average Bonchev–Trinajstić information content (AvgIpc) is 2.78. The van der Waals surface area contributed by atoms with Gasteiger partial charge in [0.05, 0.1) is 18.4 Å². The highest BCUT2D eigenvalue weighted by Crippen LogP contribution is 2.28. The molecule has 1 atom stereocenters. The molecule has 4 rings (SSSR count). The summed E-state index contributed by atoms with van der Waals surface area (Å²) in [5.74, 6) is 0.0615. The lowest BCUT2D eigenvalue weighted by molar-refractivity contribution is -0.152. The summed E-state index contributed by atoms with van der Waals surface area (Å²) in [6, 6.07) is 6.59. The zero-order valence-corrected chi connectivity index (χ0v) is 19.5. The van der Waals surface area contributed by atoms with E-state index in [0.717, 1.165) is 24.3 Å². The summed E-state index contributed by atoms with van der Waals surface area (Å²) in [6.45, 7) is 5.82. The van der Waals surface area contributed by atoms with E-state index in [2.05, 4.69) is 20.9 Å². The summed E-state index contributed by atoms with van der Waals surface area (Å²) in [5, 5.41) is 9.21. The summed E-state index contributed by atoms with van der Waals surface area (Å²) >= 11 is 5.53. The molecule has 1 saturated heterocycles. The first kappa shape index (κ1) is 23.1. The molecule has 3 heterocycles. The summed E-state index contributed by atoms with van der Waals surface area (Å²) in [4.78, 5) is 17.1. The Kier molecular flexibility index (Phi) is 6.90. The van der Waals surface area contributed by atoms with Gasteiger partial charge in [-0.3, -0.25) is 9.78 Å². The molecule has 1 aromatic heterocycles. The zero-order chi connectivity index (χ0) is 23.4. The first-order chi connectivity index (χ1) is 15.9. The number of ether oxygens (including phenoxy) is 2. The van der Waals surface area contributed by atoms with Gasteiger partial charge in [0.2, 0.25) is 0 Å². The third-order valence-corrected chi connectivity index (χ3v) is 6.22. The van der Waals surface area contributed by atoms with Crippen LogP contribution < -0.4 is 20.7 Å². The normalized spacial score (nSPS) is 20.0. The van der Waals surface area contributed by atoms with E-state index in [1.807, 2.05) is 13.0 Å². The van der Waals surface area contributed by atoms with Gasteiger partial charge in [0.15, 0.2) is 0 Å². The lowest BCUT2D eigenvalue weighted by Crippen LogP contribution is -2.45. The average molecular weight is 471 g/mol. The van der Waals surface area contributed by atoms with Gasteiger partial charge in [-0.25, -0.2) is 4.39 Å². The van der Waals surface area contributed by atoms with Gasteiger partial charge in [0.25, 0.3) is 5.91 Å². The summed E-state index contributed by atoms with van der Waals surface area (Å²) in [7, 11) is 0. The van der Waals surface area contributed by atoms with E-state index in [9.17, 15) is 9.18 Å². The number of benzene rings is 1. The van der Waals surface area contributed by atoms with Crippen molar-refractivity contribution in [3.8, 4) is 5.75 Å². The fourth-order valence-electron chi connectivity index (χ4n) is 3.68. The molecule has 1 unspecified atom stereocenters. The van der Waals surface area contributed by atoms with Crippen molar-refractivity contribution in [2.45, 2.75) is 38.8 Å². The van der Waals surface area contributed by atoms with Crippen molar-refractivity contribution in [1.29, 1.82) is 0 Å². The largest absolute Gasteiger partial charge is 0.489 e. The standard InChI is InChI=1S/C24H27FN4O3S/c1-15-17(25)4-3-5-18(15)29-23(33)21-19(7-10-27-22(21)30)28-12-16-6-9-26-13-20(16)31-14-24(2)8-11-32-24/h3-6,9,13,28H,7-8,10-12,14H2,1-2H3,(H,27,30)(H,29,33). The van der Waals surface area contributed by atoms with Crippen LogP contribution in [0.15, 0.2) is 47.9 Å². The molecule has 33 heavy (non-hydrogen) atoms. The number of nitrogens with one attached hydrogen (secondary N) is 3. The van der Waals surface area contributed by atoms with Crippen LogP contribution in [0.4, 0.5) is 10.1 Å². The fraction of sp³-hybridized carbons (Fsp3) is 0.375. The number of anilines is 1. The van der Waals surface area contributed by atoms with Crippen LogP contribution in [-0.2, 0) is 16.1 Å². The molecule has 0 spiro atoms. The van der Waals surface area contributed by atoms with E-state index >= 15 is 0 Å². The lowest BCUT2D eigenvalue weighted by atomic mass is 9.99. The van der Waals surface area contributed by atoms with E-state index < -0.39 is 0 Å². The quantitative estimate of drug-likeness (QED) is 0.510. The number of carbonyl (C=O) groups is 1. The maximum atomic E-state index is 13.9. The molecule has 0 bridgehead atoms. The smallest absolute Gasteiger partial charge is 0.256 e. The molecule has 3 N–H and O–H groups in total. The molecule has 174 valence electrons. The molecule has 2 aliphatic heterocycles. The second-order valence-corrected chi connectivity index (χ2v) is 8.81. The second kappa shape index (κ2) is 9.84. The molecule has 2 aliphatic rings. The molecular weight excluding hydrogens is 443 g/mol. The number of amides is 1. The van der Waals surface area contributed by atoms with Crippen molar-refractivity contribution < 1.29 is 18.7 Å². The van der Waals surface area contributed by atoms with Crippen molar-refractivity contribution >= 4 is 28.8 Å². The third kappa shape index (κ3) is 5.31. The van der Waals surface area contributed by atoms with Gasteiger partial charge in [-0.05, 0) is 32.0 Å². The molecule has 9 heteroatoms. The summed E-state index contributed by atoms with van der Waals surface area (Å²) < 4.78 is 25.5. The van der Waals surface area contributed by atoms with E-state index in [0.29, 0.717) is 48.7 Å². The van der Waals surface area contributed by atoms with Gasteiger partial charge in [-0.15, -0.1) is 0 Å². The second-order valence-electron chi connectivity index (χ2n) is 8.40. The molecule has 0 aliphatic carbocycles. The van der Waals surface area contributed by atoms with Crippen molar-refractivity contribution in [3.05, 3.63) is 64.9 Å². The number of nitrogens with zero attached hydrogens (tertiary/aromatic N) is 1. The minimum atomic E-state index is -0.338. The zero-order valence-electron chi connectivity index (χ0n) is 18.7. The Labute approximate surface area is 197 Å². The van der Waals surface area contributed by atoms with E-state index in [1.54, 1.807) is 31.5 Å². The monoisotopic (exact) mass is 470 g/mol. The minimum absolute atomic E-state index is 0.240. The van der Waals surface area contributed by atoms with Gasteiger partial charge >= 0.3 is 0 Å². The highest BCUT2D eigenvalue weighted by molar-refractivity contribution is 7.81. The fourth-order valence-corrected chi connectivity index (χ4v) is 4.00. The molecule has 7 nitrogen and oxygen atoms in total. The van der Waals surface area contributed by atoms with Crippen molar-refractivity contribution in [3.63, 3.8) is 0 Å². The van der Waals surface area contributed by atoms with E-state index in [4.69, 9.17) is 21.7 Å². The minimum Gasteiger partial charge on any atom is -0.489 e.